The average molecular weight is 244 g/mol. The predicted octanol–water partition coefficient (Wildman–Crippen LogP) is 4.72. The van der Waals surface area contributed by atoms with Gasteiger partial charge in [0.1, 0.15) is 5.75 Å². The Kier molecular flexibility index (Phi) is 3.09. The zero-order valence-corrected chi connectivity index (χ0v) is 11.8. The summed E-state index contributed by atoms with van der Waals surface area (Å²) >= 11 is 0. The molecule has 0 unspecified atom stereocenters. The van der Waals surface area contributed by atoms with Crippen LogP contribution in [0, 0.1) is 11.8 Å². The lowest BCUT2D eigenvalue weighted by Gasteiger charge is -2.21. The van der Waals surface area contributed by atoms with Crippen molar-refractivity contribution in [1.29, 1.82) is 0 Å². The summed E-state index contributed by atoms with van der Waals surface area (Å²) in [5, 5.41) is 0. The van der Waals surface area contributed by atoms with E-state index < -0.39 is 0 Å². The summed E-state index contributed by atoms with van der Waals surface area (Å²) in [6.45, 7) is 4.72. The van der Waals surface area contributed by atoms with Crippen LogP contribution < -0.4 is 4.74 Å². The van der Waals surface area contributed by atoms with Crippen molar-refractivity contribution in [2.45, 2.75) is 51.4 Å². The summed E-state index contributed by atoms with van der Waals surface area (Å²) in [4.78, 5) is 0. The molecule has 98 valence electrons. The summed E-state index contributed by atoms with van der Waals surface area (Å²) in [5.74, 6) is 4.28. The molecule has 1 nitrogen and oxygen atoms in total. The fraction of sp³-hybridized carbons (Fsp3) is 0.647. The zero-order valence-electron chi connectivity index (χ0n) is 11.8. The third-order valence-electron chi connectivity index (χ3n) is 4.92. The lowest BCUT2D eigenvalue weighted by atomic mass is 9.88. The lowest BCUT2D eigenvalue weighted by Crippen LogP contribution is -2.05. The van der Waals surface area contributed by atoms with Crippen LogP contribution >= 0.6 is 0 Å². The van der Waals surface area contributed by atoms with Gasteiger partial charge < -0.3 is 4.74 Å². The molecule has 2 saturated carbocycles. The Bertz CT molecular complexity index is 393. The molecular weight excluding hydrogens is 220 g/mol. The molecule has 1 heteroatoms. The molecule has 1 aromatic carbocycles. The molecule has 18 heavy (non-hydrogen) atoms. The molecular formula is C17H24O. The quantitative estimate of drug-likeness (QED) is 0.728. The number of para-hydroxylation sites is 1. The molecule has 0 aromatic heterocycles. The van der Waals surface area contributed by atoms with E-state index in [1.807, 2.05) is 7.11 Å². The maximum Gasteiger partial charge on any atom is 0.125 e. The second-order valence-electron chi connectivity index (χ2n) is 6.22. The minimum atomic E-state index is 0.659. The molecule has 2 aliphatic rings. The zero-order chi connectivity index (χ0) is 12.7. The maximum atomic E-state index is 5.77. The third-order valence-corrected chi connectivity index (χ3v) is 4.92. The monoisotopic (exact) mass is 244 g/mol. The van der Waals surface area contributed by atoms with Gasteiger partial charge in [-0.25, -0.2) is 0 Å². The Labute approximate surface area is 111 Å². The van der Waals surface area contributed by atoms with Gasteiger partial charge in [0.25, 0.3) is 0 Å². The first-order valence-electron chi connectivity index (χ1n) is 7.39. The van der Waals surface area contributed by atoms with Crippen LogP contribution in [-0.2, 0) is 0 Å². The van der Waals surface area contributed by atoms with Gasteiger partial charge in [0.05, 0.1) is 7.11 Å². The van der Waals surface area contributed by atoms with Crippen molar-refractivity contribution in [3.05, 3.63) is 29.3 Å². The van der Waals surface area contributed by atoms with Gasteiger partial charge >= 0.3 is 0 Å². The largest absolute Gasteiger partial charge is 0.496 e. The summed E-state index contributed by atoms with van der Waals surface area (Å²) in [6.07, 6.45) is 5.58. The molecule has 2 aliphatic carbocycles. The van der Waals surface area contributed by atoms with E-state index in [0.29, 0.717) is 11.8 Å². The maximum absolute atomic E-state index is 5.77. The number of hydrogen-bond acceptors (Lipinski definition) is 1. The fourth-order valence-electron chi connectivity index (χ4n) is 3.23. The number of methoxy groups -OCH3 is 1. The Morgan fingerprint density at radius 1 is 0.944 bits per heavy atom. The molecule has 2 atom stereocenters. The number of ether oxygens (including phenoxy) is 1. The van der Waals surface area contributed by atoms with Crippen LogP contribution in [0.1, 0.15) is 62.5 Å². The van der Waals surface area contributed by atoms with Gasteiger partial charge in [-0.2, -0.15) is 0 Å². The van der Waals surface area contributed by atoms with Gasteiger partial charge in [-0.1, -0.05) is 32.0 Å². The number of hydrogen-bond donors (Lipinski definition) is 0. The first-order valence-corrected chi connectivity index (χ1v) is 7.39. The highest BCUT2D eigenvalue weighted by Gasteiger charge is 2.34. The van der Waals surface area contributed by atoms with Crippen LogP contribution in [0.4, 0.5) is 0 Å². The highest BCUT2D eigenvalue weighted by Crippen LogP contribution is 2.49. The van der Waals surface area contributed by atoms with Crippen molar-refractivity contribution < 1.29 is 4.74 Å². The molecule has 1 aromatic rings. The van der Waals surface area contributed by atoms with Crippen molar-refractivity contribution in [3.63, 3.8) is 0 Å². The highest BCUT2D eigenvalue weighted by atomic mass is 16.5. The average Bonchev–Trinajstić information content (AvgIpc) is 3.27. The minimum Gasteiger partial charge on any atom is -0.496 e. The van der Waals surface area contributed by atoms with Crippen molar-refractivity contribution in [1.82, 2.24) is 0 Å². The highest BCUT2D eigenvalue weighted by molar-refractivity contribution is 5.46. The van der Waals surface area contributed by atoms with E-state index in [9.17, 15) is 0 Å². The van der Waals surface area contributed by atoms with E-state index in [4.69, 9.17) is 4.74 Å². The SMILES string of the molecule is COc1c([C@@H](C)C2CC2)cccc1[C@@H](C)C1CC1. The van der Waals surface area contributed by atoms with E-state index in [0.717, 1.165) is 11.8 Å². The summed E-state index contributed by atoms with van der Waals surface area (Å²) in [7, 11) is 1.83. The smallest absolute Gasteiger partial charge is 0.125 e. The minimum absolute atomic E-state index is 0.659. The summed E-state index contributed by atoms with van der Waals surface area (Å²) in [5.41, 5.74) is 2.87. The van der Waals surface area contributed by atoms with Gasteiger partial charge in [0.2, 0.25) is 0 Å². The van der Waals surface area contributed by atoms with Gasteiger partial charge in [0, 0.05) is 0 Å². The standard InChI is InChI=1S/C17H24O/c1-11(13-7-8-13)15-5-4-6-16(17(15)18-3)12(2)14-9-10-14/h4-6,11-14H,7-10H2,1-3H3/t11-,12-/m0/s1. The van der Waals surface area contributed by atoms with Gasteiger partial charge in [-0.05, 0) is 60.5 Å². The second-order valence-corrected chi connectivity index (χ2v) is 6.22. The van der Waals surface area contributed by atoms with Crippen molar-refractivity contribution in [3.8, 4) is 5.75 Å². The van der Waals surface area contributed by atoms with Crippen LogP contribution in [0.3, 0.4) is 0 Å². The Morgan fingerprint density at radius 3 is 1.72 bits per heavy atom. The summed E-state index contributed by atoms with van der Waals surface area (Å²) < 4.78 is 5.77. The van der Waals surface area contributed by atoms with E-state index in [-0.39, 0.29) is 0 Å². The lowest BCUT2D eigenvalue weighted by molar-refractivity contribution is 0.394. The normalized spacial score (nSPS) is 22.6. The van der Waals surface area contributed by atoms with E-state index in [2.05, 4.69) is 32.0 Å². The molecule has 0 N–H and O–H groups in total. The Balaban J connectivity index is 1.95. The second kappa shape index (κ2) is 4.60. The first-order chi connectivity index (χ1) is 8.72. The third kappa shape index (κ3) is 2.15. The van der Waals surface area contributed by atoms with E-state index >= 15 is 0 Å². The molecule has 0 saturated heterocycles. The van der Waals surface area contributed by atoms with Gasteiger partial charge in [-0.3, -0.25) is 0 Å². The molecule has 3 rings (SSSR count). The van der Waals surface area contributed by atoms with Crippen LogP contribution in [0.15, 0.2) is 18.2 Å². The van der Waals surface area contributed by atoms with Crippen LogP contribution in [-0.4, -0.2) is 7.11 Å². The molecule has 0 radical (unpaired) electrons. The van der Waals surface area contributed by atoms with Crippen LogP contribution in [0.5, 0.6) is 5.75 Å². The van der Waals surface area contributed by atoms with E-state index in [1.165, 1.54) is 42.6 Å². The van der Waals surface area contributed by atoms with E-state index in [1.54, 1.807) is 0 Å². The Hall–Kier alpha value is -0.980. The van der Waals surface area contributed by atoms with Crippen molar-refractivity contribution in [2.75, 3.05) is 7.11 Å². The van der Waals surface area contributed by atoms with Crippen molar-refractivity contribution in [2.24, 2.45) is 11.8 Å². The predicted molar refractivity (Wildman–Crippen MR) is 75.3 cm³/mol. The number of benzene rings is 1. The molecule has 0 bridgehead atoms. The topological polar surface area (TPSA) is 9.23 Å². The van der Waals surface area contributed by atoms with Crippen LogP contribution in [0.25, 0.3) is 0 Å². The molecule has 0 aliphatic heterocycles. The Morgan fingerprint density at radius 2 is 1.39 bits per heavy atom. The molecule has 0 spiro atoms. The van der Waals surface area contributed by atoms with Crippen LogP contribution in [0.2, 0.25) is 0 Å². The summed E-state index contributed by atoms with van der Waals surface area (Å²) in [6, 6.07) is 6.76. The van der Waals surface area contributed by atoms with Gasteiger partial charge in [-0.15, -0.1) is 0 Å². The molecule has 0 heterocycles. The van der Waals surface area contributed by atoms with Gasteiger partial charge in [0.15, 0.2) is 0 Å². The molecule has 0 amide bonds. The molecule has 2 fully saturated rings. The van der Waals surface area contributed by atoms with Crippen molar-refractivity contribution >= 4 is 0 Å². The number of rotatable bonds is 5. The first kappa shape index (κ1) is 12.1. The fourth-order valence-corrected chi connectivity index (χ4v) is 3.23.